The van der Waals surface area contributed by atoms with E-state index in [1.165, 1.54) is 12.8 Å². The molecule has 0 unspecified atom stereocenters. The van der Waals surface area contributed by atoms with Gasteiger partial charge in [0.2, 0.25) is 18.2 Å². The molecular formula is C20H31N3O4. The summed E-state index contributed by atoms with van der Waals surface area (Å²) < 4.78 is 0. The van der Waals surface area contributed by atoms with E-state index in [2.05, 4.69) is 5.32 Å². The van der Waals surface area contributed by atoms with E-state index in [1.807, 2.05) is 0 Å². The molecular weight excluding hydrogens is 346 g/mol. The van der Waals surface area contributed by atoms with Gasteiger partial charge >= 0.3 is 0 Å². The number of amides is 3. The number of hydrogen-bond acceptors (Lipinski definition) is 4. The Morgan fingerprint density at radius 2 is 1.93 bits per heavy atom. The molecule has 4 aliphatic rings. The summed E-state index contributed by atoms with van der Waals surface area (Å²) in [7, 11) is 0. The second-order valence-corrected chi connectivity index (χ2v) is 9.28. The molecule has 1 aliphatic heterocycles. The number of nitrogens with zero attached hydrogens (tertiary/aromatic N) is 2. The van der Waals surface area contributed by atoms with Crippen LogP contribution in [0.15, 0.2) is 0 Å². The molecule has 1 spiro atoms. The van der Waals surface area contributed by atoms with Gasteiger partial charge in [-0.3, -0.25) is 19.6 Å². The fourth-order valence-electron chi connectivity index (χ4n) is 4.99. The molecule has 0 bridgehead atoms. The number of hydroxylamine groups is 2. The Hall–Kier alpha value is -1.63. The first-order chi connectivity index (χ1) is 13.0. The maximum Gasteiger partial charge on any atom is 0.243 e. The van der Waals surface area contributed by atoms with E-state index in [4.69, 9.17) is 0 Å². The third kappa shape index (κ3) is 4.28. The Bertz CT molecular complexity index is 596. The van der Waals surface area contributed by atoms with E-state index in [0.29, 0.717) is 30.4 Å². The molecule has 0 radical (unpaired) electrons. The van der Waals surface area contributed by atoms with E-state index >= 15 is 0 Å². The minimum Gasteiger partial charge on any atom is -0.352 e. The van der Waals surface area contributed by atoms with Crippen molar-refractivity contribution in [1.82, 2.24) is 15.3 Å². The van der Waals surface area contributed by atoms with Gasteiger partial charge in [0, 0.05) is 12.6 Å². The van der Waals surface area contributed by atoms with Crippen LogP contribution < -0.4 is 5.32 Å². The SMILES string of the molecule is O=CN(O)C[C@@H](CC1CCCC1)C(=O)N1CC2(CC2)C[C@H]1C(=O)NC1CC1. The van der Waals surface area contributed by atoms with Gasteiger partial charge in [0.15, 0.2) is 0 Å². The molecule has 27 heavy (non-hydrogen) atoms. The Kier molecular flexibility index (Phi) is 5.14. The number of carbonyl (C=O) groups is 3. The predicted octanol–water partition coefficient (Wildman–Crippen LogP) is 1.69. The van der Waals surface area contributed by atoms with Crippen molar-refractivity contribution in [2.75, 3.05) is 13.1 Å². The number of carbonyl (C=O) groups excluding carboxylic acids is 3. The van der Waals surface area contributed by atoms with E-state index in [9.17, 15) is 19.6 Å². The summed E-state index contributed by atoms with van der Waals surface area (Å²) >= 11 is 0. The summed E-state index contributed by atoms with van der Waals surface area (Å²) in [6.45, 7) is 0.654. The first-order valence-electron chi connectivity index (χ1n) is 10.5. The highest BCUT2D eigenvalue weighted by atomic mass is 16.5. The lowest BCUT2D eigenvalue weighted by Gasteiger charge is -2.30. The van der Waals surface area contributed by atoms with Crippen molar-refractivity contribution in [3.8, 4) is 0 Å². The molecule has 3 aliphatic carbocycles. The molecule has 3 amide bonds. The largest absolute Gasteiger partial charge is 0.352 e. The molecule has 1 heterocycles. The van der Waals surface area contributed by atoms with Gasteiger partial charge in [0.25, 0.3) is 0 Å². The Morgan fingerprint density at radius 1 is 1.22 bits per heavy atom. The summed E-state index contributed by atoms with van der Waals surface area (Å²) in [5.74, 6) is -0.0586. The van der Waals surface area contributed by atoms with E-state index in [1.54, 1.807) is 4.90 Å². The van der Waals surface area contributed by atoms with Crippen LogP contribution in [-0.4, -0.2) is 58.6 Å². The molecule has 0 aromatic rings. The normalized spacial score (nSPS) is 27.6. The molecule has 1 saturated heterocycles. The summed E-state index contributed by atoms with van der Waals surface area (Å²) in [5.41, 5.74) is 0.128. The molecule has 7 heteroatoms. The highest BCUT2D eigenvalue weighted by Crippen LogP contribution is 2.55. The Morgan fingerprint density at radius 3 is 2.52 bits per heavy atom. The van der Waals surface area contributed by atoms with Crippen LogP contribution in [0.3, 0.4) is 0 Å². The average Bonchev–Trinajstić information content (AvgIpc) is 3.51. The lowest BCUT2D eigenvalue weighted by molar-refractivity contribution is -0.158. The monoisotopic (exact) mass is 377 g/mol. The van der Waals surface area contributed by atoms with Gasteiger partial charge in [-0.1, -0.05) is 25.7 Å². The molecule has 7 nitrogen and oxygen atoms in total. The lowest BCUT2D eigenvalue weighted by atomic mass is 9.91. The van der Waals surface area contributed by atoms with Gasteiger partial charge in [-0.25, -0.2) is 5.06 Å². The third-order valence-electron chi connectivity index (χ3n) is 6.95. The van der Waals surface area contributed by atoms with Crippen molar-refractivity contribution in [3.63, 3.8) is 0 Å². The number of hydrogen-bond donors (Lipinski definition) is 2. The minimum atomic E-state index is -0.437. The van der Waals surface area contributed by atoms with Crippen LogP contribution in [0.25, 0.3) is 0 Å². The van der Waals surface area contributed by atoms with Crippen molar-refractivity contribution < 1.29 is 19.6 Å². The van der Waals surface area contributed by atoms with Crippen LogP contribution in [0.2, 0.25) is 0 Å². The first kappa shape index (κ1) is 18.7. The fourth-order valence-corrected chi connectivity index (χ4v) is 4.99. The van der Waals surface area contributed by atoms with Crippen molar-refractivity contribution in [2.45, 2.75) is 76.3 Å². The zero-order chi connectivity index (χ0) is 19.0. The predicted molar refractivity (Wildman–Crippen MR) is 97.6 cm³/mol. The van der Waals surface area contributed by atoms with Crippen molar-refractivity contribution in [2.24, 2.45) is 17.3 Å². The van der Waals surface area contributed by atoms with Crippen LogP contribution in [-0.2, 0) is 14.4 Å². The Balaban J connectivity index is 1.47. The molecule has 0 aromatic heterocycles. The van der Waals surface area contributed by atoms with Crippen molar-refractivity contribution >= 4 is 18.2 Å². The smallest absolute Gasteiger partial charge is 0.243 e. The topological polar surface area (TPSA) is 90.0 Å². The van der Waals surface area contributed by atoms with Gasteiger partial charge in [-0.2, -0.15) is 0 Å². The highest BCUT2D eigenvalue weighted by molar-refractivity contribution is 5.90. The third-order valence-corrected chi connectivity index (χ3v) is 6.95. The molecule has 2 N–H and O–H groups in total. The van der Waals surface area contributed by atoms with Crippen LogP contribution in [0.4, 0.5) is 0 Å². The van der Waals surface area contributed by atoms with Crippen molar-refractivity contribution in [1.29, 1.82) is 0 Å². The summed E-state index contributed by atoms with van der Waals surface area (Å²) in [4.78, 5) is 38.8. The summed E-state index contributed by atoms with van der Waals surface area (Å²) in [5, 5.41) is 13.4. The van der Waals surface area contributed by atoms with Gasteiger partial charge < -0.3 is 10.2 Å². The van der Waals surface area contributed by atoms with Gasteiger partial charge in [-0.15, -0.1) is 0 Å². The second-order valence-electron chi connectivity index (χ2n) is 9.28. The molecule has 2 atom stereocenters. The number of nitrogens with one attached hydrogen (secondary N) is 1. The molecule has 3 saturated carbocycles. The summed E-state index contributed by atoms with van der Waals surface area (Å²) in [6, 6.07) is -0.113. The quantitative estimate of drug-likeness (QED) is 0.383. The molecule has 4 fully saturated rings. The number of likely N-dealkylation sites (tertiary alicyclic amines) is 1. The van der Waals surface area contributed by atoms with Gasteiger partial charge in [-0.05, 0) is 49.9 Å². The number of rotatable bonds is 8. The molecule has 150 valence electrons. The van der Waals surface area contributed by atoms with Crippen LogP contribution >= 0.6 is 0 Å². The average molecular weight is 377 g/mol. The molecule has 4 rings (SSSR count). The maximum absolute atomic E-state index is 13.4. The summed E-state index contributed by atoms with van der Waals surface area (Å²) in [6.07, 6.45) is 10.6. The van der Waals surface area contributed by atoms with Crippen LogP contribution in [0.1, 0.15) is 64.2 Å². The molecule has 0 aromatic carbocycles. The van der Waals surface area contributed by atoms with E-state index in [0.717, 1.165) is 44.9 Å². The van der Waals surface area contributed by atoms with E-state index in [-0.39, 0.29) is 29.8 Å². The second kappa shape index (κ2) is 7.41. The lowest BCUT2D eigenvalue weighted by Crippen LogP contribution is -2.50. The zero-order valence-electron chi connectivity index (χ0n) is 15.9. The Labute approximate surface area is 160 Å². The van der Waals surface area contributed by atoms with Gasteiger partial charge in [0.05, 0.1) is 12.5 Å². The van der Waals surface area contributed by atoms with Crippen LogP contribution in [0, 0.1) is 17.3 Å². The fraction of sp³-hybridized carbons (Fsp3) is 0.850. The highest BCUT2D eigenvalue weighted by Gasteiger charge is 2.56. The minimum absolute atomic E-state index is 0.0132. The maximum atomic E-state index is 13.4. The van der Waals surface area contributed by atoms with Crippen LogP contribution in [0.5, 0.6) is 0 Å². The van der Waals surface area contributed by atoms with Crippen molar-refractivity contribution in [3.05, 3.63) is 0 Å². The standard InChI is InChI=1S/C20H31N3O4/c24-13-22(27)11-15(9-14-3-1-2-4-14)19(26)23-12-20(7-8-20)10-17(23)18(25)21-16-5-6-16/h13-17,27H,1-12H2,(H,21,25)/t15-,17+/m1/s1. The van der Waals surface area contributed by atoms with E-state index < -0.39 is 12.0 Å². The zero-order valence-corrected chi connectivity index (χ0v) is 15.9. The van der Waals surface area contributed by atoms with Gasteiger partial charge in [0.1, 0.15) is 6.04 Å². The first-order valence-corrected chi connectivity index (χ1v) is 10.5.